The second kappa shape index (κ2) is 10.5. The van der Waals surface area contributed by atoms with E-state index in [1.807, 2.05) is 11.8 Å². The van der Waals surface area contributed by atoms with Crippen molar-refractivity contribution in [2.75, 3.05) is 44.2 Å². The molecule has 0 spiro atoms. The Labute approximate surface area is 134 Å². The van der Waals surface area contributed by atoms with Crippen LogP contribution in [0, 0.1) is 0 Å². The largest absolute Gasteiger partial charge is 0.343 e. The van der Waals surface area contributed by atoms with E-state index in [4.69, 9.17) is 0 Å². The monoisotopic (exact) mass is 312 g/mol. The zero-order valence-electron chi connectivity index (χ0n) is 13.5. The molecule has 1 amide bonds. The van der Waals surface area contributed by atoms with Crippen molar-refractivity contribution < 1.29 is 4.79 Å². The summed E-state index contributed by atoms with van der Waals surface area (Å²) in [5.41, 5.74) is 0. The Morgan fingerprint density at radius 2 is 1.33 bits per heavy atom. The van der Waals surface area contributed by atoms with E-state index in [1.165, 1.54) is 76.8 Å². The normalized spacial score (nSPS) is 21.8. The quantitative estimate of drug-likeness (QED) is 0.702. The van der Waals surface area contributed by atoms with Crippen LogP contribution in [-0.2, 0) is 4.79 Å². The molecule has 21 heavy (non-hydrogen) atoms. The summed E-state index contributed by atoms with van der Waals surface area (Å²) >= 11 is 1.96. The fraction of sp³-hybridized carbons (Fsp3) is 0.941. The van der Waals surface area contributed by atoms with Crippen LogP contribution >= 0.6 is 11.8 Å². The fourth-order valence-electron chi connectivity index (χ4n) is 3.29. The van der Waals surface area contributed by atoms with Crippen LogP contribution in [0.4, 0.5) is 0 Å². The summed E-state index contributed by atoms with van der Waals surface area (Å²) in [5.74, 6) is 2.58. The van der Waals surface area contributed by atoms with Gasteiger partial charge in [-0.15, -0.1) is 0 Å². The van der Waals surface area contributed by atoms with Gasteiger partial charge >= 0.3 is 0 Å². The lowest BCUT2D eigenvalue weighted by Gasteiger charge is -2.21. The second-order valence-corrected chi connectivity index (χ2v) is 7.64. The van der Waals surface area contributed by atoms with Crippen LogP contribution in [0.1, 0.15) is 57.8 Å². The highest BCUT2D eigenvalue weighted by atomic mass is 32.2. The maximum Gasteiger partial charge on any atom is 0.223 e. The van der Waals surface area contributed by atoms with Crippen molar-refractivity contribution in [3.8, 4) is 0 Å². The lowest BCUT2D eigenvalue weighted by Crippen LogP contribution is -2.32. The molecule has 2 heterocycles. The molecule has 3 nitrogen and oxygen atoms in total. The number of rotatable bonds is 6. The van der Waals surface area contributed by atoms with Gasteiger partial charge < -0.3 is 9.80 Å². The third kappa shape index (κ3) is 7.05. The Kier molecular flexibility index (Phi) is 8.57. The predicted molar refractivity (Wildman–Crippen MR) is 91.9 cm³/mol. The van der Waals surface area contributed by atoms with E-state index in [1.54, 1.807) is 0 Å². The van der Waals surface area contributed by atoms with Crippen molar-refractivity contribution >= 4 is 17.7 Å². The number of carbonyl (C=O) groups excluding carboxylic acids is 1. The fourth-order valence-corrected chi connectivity index (χ4v) is 4.20. The van der Waals surface area contributed by atoms with Crippen molar-refractivity contribution in [2.24, 2.45) is 0 Å². The van der Waals surface area contributed by atoms with Crippen LogP contribution in [0.15, 0.2) is 0 Å². The molecule has 2 aliphatic rings. The zero-order valence-corrected chi connectivity index (χ0v) is 14.3. The Morgan fingerprint density at radius 1 is 0.762 bits per heavy atom. The van der Waals surface area contributed by atoms with Crippen molar-refractivity contribution in [2.45, 2.75) is 57.8 Å². The van der Waals surface area contributed by atoms with Gasteiger partial charge in [0.25, 0.3) is 0 Å². The minimum absolute atomic E-state index is 0.388. The Bertz CT molecular complexity index is 283. The van der Waals surface area contributed by atoms with Crippen LogP contribution in [0.25, 0.3) is 0 Å². The number of likely N-dealkylation sites (tertiary alicyclic amines) is 2. The molecule has 2 saturated heterocycles. The van der Waals surface area contributed by atoms with Crippen LogP contribution < -0.4 is 0 Å². The lowest BCUT2D eigenvalue weighted by molar-refractivity contribution is -0.130. The third-order valence-corrected chi connectivity index (χ3v) is 5.63. The summed E-state index contributed by atoms with van der Waals surface area (Å²) in [6.07, 6.45) is 11.3. The van der Waals surface area contributed by atoms with Crippen LogP contribution in [0.2, 0.25) is 0 Å². The van der Waals surface area contributed by atoms with Crippen molar-refractivity contribution in [3.63, 3.8) is 0 Å². The number of carbonyl (C=O) groups is 1. The third-order valence-electron chi connectivity index (χ3n) is 4.67. The van der Waals surface area contributed by atoms with Gasteiger partial charge in [-0.25, -0.2) is 0 Å². The minimum Gasteiger partial charge on any atom is -0.343 e. The van der Waals surface area contributed by atoms with Crippen molar-refractivity contribution in [1.29, 1.82) is 0 Å². The molecule has 4 heteroatoms. The van der Waals surface area contributed by atoms with E-state index in [9.17, 15) is 4.79 Å². The molecule has 0 atom stereocenters. The molecular weight excluding hydrogens is 280 g/mol. The first-order chi connectivity index (χ1) is 10.4. The van der Waals surface area contributed by atoms with Gasteiger partial charge in [-0.2, -0.15) is 11.8 Å². The smallest absolute Gasteiger partial charge is 0.223 e. The maximum atomic E-state index is 12.2. The Morgan fingerprint density at radius 3 is 1.95 bits per heavy atom. The minimum atomic E-state index is 0.388. The molecule has 0 aromatic carbocycles. The van der Waals surface area contributed by atoms with Crippen LogP contribution in [0.3, 0.4) is 0 Å². The van der Waals surface area contributed by atoms with E-state index in [2.05, 4.69) is 9.80 Å². The first-order valence-corrected chi connectivity index (χ1v) is 10.1. The van der Waals surface area contributed by atoms with Gasteiger partial charge in [-0.05, 0) is 38.8 Å². The average molecular weight is 313 g/mol. The molecule has 0 aromatic heterocycles. The van der Waals surface area contributed by atoms with E-state index < -0.39 is 0 Å². The molecule has 0 saturated carbocycles. The molecule has 0 bridgehead atoms. The van der Waals surface area contributed by atoms with Gasteiger partial charge in [-0.3, -0.25) is 4.79 Å². The number of nitrogens with zero attached hydrogens (tertiary/aromatic N) is 2. The van der Waals surface area contributed by atoms with Gasteiger partial charge in [0.1, 0.15) is 0 Å². The number of hydrogen-bond acceptors (Lipinski definition) is 3. The van der Waals surface area contributed by atoms with Crippen molar-refractivity contribution in [1.82, 2.24) is 9.80 Å². The Balaban J connectivity index is 1.51. The summed E-state index contributed by atoms with van der Waals surface area (Å²) in [7, 11) is 0. The van der Waals surface area contributed by atoms with E-state index >= 15 is 0 Å². The first kappa shape index (κ1) is 17.1. The zero-order chi connectivity index (χ0) is 14.8. The number of hydrogen-bond donors (Lipinski definition) is 0. The molecular formula is C17H32N2OS. The summed E-state index contributed by atoms with van der Waals surface area (Å²) < 4.78 is 0. The van der Waals surface area contributed by atoms with Crippen molar-refractivity contribution in [3.05, 3.63) is 0 Å². The summed E-state index contributed by atoms with van der Waals surface area (Å²) in [5, 5.41) is 0. The number of amides is 1. The molecule has 0 aromatic rings. The van der Waals surface area contributed by atoms with Gasteiger partial charge in [0.05, 0.1) is 0 Å². The lowest BCUT2D eigenvalue weighted by atomic mass is 10.2. The van der Waals surface area contributed by atoms with Crippen LogP contribution in [-0.4, -0.2) is 59.9 Å². The highest BCUT2D eigenvalue weighted by Gasteiger charge is 2.15. The topological polar surface area (TPSA) is 23.6 Å². The van der Waals surface area contributed by atoms with Crippen LogP contribution in [0.5, 0.6) is 0 Å². The van der Waals surface area contributed by atoms with Gasteiger partial charge in [0, 0.05) is 37.6 Å². The van der Waals surface area contributed by atoms with Gasteiger partial charge in [0.15, 0.2) is 0 Å². The van der Waals surface area contributed by atoms with Gasteiger partial charge in [-0.1, -0.05) is 25.7 Å². The molecule has 0 radical (unpaired) electrons. The molecule has 0 unspecified atom stereocenters. The molecule has 2 fully saturated rings. The Hall–Kier alpha value is -0.220. The first-order valence-electron chi connectivity index (χ1n) is 8.94. The highest BCUT2D eigenvalue weighted by Crippen LogP contribution is 2.13. The molecule has 122 valence electrons. The standard InChI is InChI=1S/C17H32N2OS/c20-17(19-12-7-3-4-8-13-19)9-15-21-16-14-18-10-5-1-2-6-11-18/h1-16H2. The molecule has 0 aliphatic carbocycles. The second-order valence-electron chi connectivity index (χ2n) is 6.41. The van der Waals surface area contributed by atoms with E-state index in [0.717, 1.165) is 25.3 Å². The average Bonchev–Trinajstić information content (AvgIpc) is 2.91. The molecule has 0 N–H and O–H groups in total. The summed E-state index contributed by atoms with van der Waals surface area (Å²) in [4.78, 5) is 16.9. The predicted octanol–water partition coefficient (Wildman–Crippen LogP) is 3.39. The summed E-state index contributed by atoms with van der Waals surface area (Å²) in [6, 6.07) is 0. The summed E-state index contributed by atoms with van der Waals surface area (Å²) in [6.45, 7) is 5.78. The molecule has 2 aliphatic heterocycles. The highest BCUT2D eigenvalue weighted by molar-refractivity contribution is 7.99. The van der Waals surface area contributed by atoms with E-state index in [-0.39, 0.29) is 0 Å². The number of thioether (sulfide) groups is 1. The SMILES string of the molecule is O=C(CCSCCN1CCCCCC1)N1CCCCCC1. The molecule has 2 rings (SSSR count). The van der Waals surface area contributed by atoms with E-state index in [0.29, 0.717) is 5.91 Å². The van der Waals surface area contributed by atoms with Gasteiger partial charge in [0.2, 0.25) is 5.91 Å². The maximum absolute atomic E-state index is 12.2.